The van der Waals surface area contributed by atoms with Gasteiger partial charge in [0.15, 0.2) is 0 Å². The molecule has 15 heavy (non-hydrogen) atoms. The third-order valence-electron chi connectivity index (χ3n) is 2.05. The minimum atomic E-state index is -0.441. The molecular formula is C12H15ClO2. The second kappa shape index (κ2) is 5.76. The summed E-state index contributed by atoms with van der Waals surface area (Å²) < 4.78 is 5.50. The van der Waals surface area contributed by atoms with Crippen LogP contribution in [0.4, 0.5) is 0 Å². The number of rotatable bonds is 5. The molecule has 82 valence electrons. The molecule has 0 saturated heterocycles. The number of hydrogen-bond acceptors (Lipinski definition) is 2. The van der Waals surface area contributed by atoms with E-state index in [9.17, 15) is 4.79 Å². The van der Waals surface area contributed by atoms with Crippen LogP contribution in [0.3, 0.4) is 0 Å². The maximum Gasteiger partial charge on any atom is 0.252 e. The Balaban J connectivity index is 2.46. The van der Waals surface area contributed by atoms with Gasteiger partial charge in [0.1, 0.15) is 5.75 Å². The zero-order valence-corrected chi connectivity index (χ0v) is 9.75. The highest BCUT2D eigenvalue weighted by Crippen LogP contribution is 2.14. The van der Waals surface area contributed by atoms with Crippen LogP contribution >= 0.6 is 11.6 Å². The van der Waals surface area contributed by atoms with Crippen molar-refractivity contribution in [3.63, 3.8) is 0 Å². The monoisotopic (exact) mass is 226 g/mol. The molecule has 1 aromatic rings. The van der Waals surface area contributed by atoms with Gasteiger partial charge in [0, 0.05) is 5.56 Å². The predicted molar refractivity (Wildman–Crippen MR) is 61.6 cm³/mol. The standard InChI is InChI=1S/C12H15ClO2/c1-9(2)7-8-15-11-5-3-10(4-6-11)12(13)14/h3-6,9H,7-8H2,1-2H3. The molecule has 0 unspecified atom stereocenters. The first-order valence-corrected chi connectivity index (χ1v) is 5.40. The van der Waals surface area contributed by atoms with E-state index >= 15 is 0 Å². The van der Waals surface area contributed by atoms with Gasteiger partial charge in [-0.2, -0.15) is 0 Å². The maximum absolute atomic E-state index is 10.8. The number of carbonyl (C=O) groups excluding carboxylic acids is 1. The summed E-state index contributed by atoms with van der Waals surface area (Å²) >= 11 is 5.32. The highest BCUT2D eigenvalue weighted by Gasteiger charge is 2.01. The lowest BCUT2D eigenvalue weighted by Gasteiger charge is -2.07. The van der Waals surface area contributed by atoms with E-state index in [-0.39, 0.29) is 0 Å². The van der Waals surface area contributed by atoms with Crippen LogP contribution in [0.1, 0.15) is 30.6 Å². The second-order valence-electron chi connectivity index (χ2n) is 3.83. The molecule has 0 radical (unpaired) electrons. The minimum Gasteiger partial charge on any atom is -0.494 e. The average Bonchev–Trinajstić information content (AvgIpc) is 2.18. The molecule has 0 aromatic heterocycles. The van der Waals surface area contributed by atoms with Crippen molar-refractivity contribution < 1.29 is 9.53 Å². The fourth-order valence-electron chi connectivity index (χ4n) is 1.09. The van der Waals surface area contributed by atoms with E-state index in [1.807, 2.05) is 0 Å². The van der Waals surface area contributed by atoms with E-state index < -0.39 is 5.24 Å². The lowest BCUT2D eigenvalue weighted by atomic mass is 10.1. The van der Waals surface area contributed by atoms with Crippen LogP contribution in [0, 0.1) is 5.92 Å². The van der Waals surface area contributed by atoms with Gasteiger partial charge in [0.2, 0.25) is 0 Å². The van der Waals surface area contributed by atoms with Crippen molar-refractivity contribution in [2.24, 2.45) is 5.92 Å². The van der Waals surface area contributed by atoms with Crippen LogP contribution in [0.2, 0.25) is 0 Å². The molecule has 1 aromatic carbocycles. The summed E-state index contributed by atoms with van der Waals surface area (Å²) in [5.74, 6) is 1.41. The first-order chi connectivity index (χ1) is 7.09. The molecule has 0 saturated carbocycles. The Labute approximate surface area is 95.2 Å². The Morgan fingerprint density at radius 2 is 1.93 bits per heavy atom. The molecular weight excluding hydrogens is 212 g/mol. The number of ether oxygens (including phenoxy) is 1. The van der Waals surface area contributed by atoms with Gasteiger partial charge in [-0.1, -0.05) is 13.8 Å². The molecule has 0 fully saturated rings. The van der Waals surface area contributed by atoms with Crippen LogP contribution in [-0.2, 0) is 0 Å². The van der Waals surface area contributed by atoms with E-state index in [2.05, 4.69) is 13.8 Å². The van der Waals surface area contributed by atoms with Gasteiger partial charge in [-0.3, -0.25) is 4.79 Å². The topological polar surface area (TPSA) is 26.3 Å². The minimum absolute atomic E-state index is 0.441. The zero-order valence-electron chi connectivity index (χ0n) is 9.00. The van der Waals surface area contributed by atoms with Crippen molar-refractivity contribution in [1.29, 1.82) is 0 Å². The Hall–Kier alpha value is -1.02. The average molecular weight is 227 g/mol. The Morgan fingerprint density at radius 1 is 1.33 bits per heavy atom. The normalized spacial score (nSPS) is 10.4. The van der Waals surface area contributed by atoms with Crippen LogP contribution in [0.25, 0.3) is 0 Å². The van der Waals surface area contributed by atoms with Crippen LogP contribution in [0.15, 0.2) is 24.3 Å². The van der Waals surface area contributed by atoms with Crippen LogP contribution in [0.5, 0.6) is 5.75 Å². The van der Waals surface area contributed by atoms with Crippen molar-refractivity contribution in [3.8, 4) is 5.75 Å². The molecule has 2 nitrogen and oxygen atoms in total. The van der Waals surface area contributed by atoms with Gasteiger partial charge in [0.25, 0.3) is 5.24 Å². The van der Waals surface area contributed by atoms with Gasteiger partial charge >= 0.3 is 0 Å². The summed E-state index contributed by atoms with van der Waals surface area (Å²) in [4.78, 5) is 10.8. The van der Waals surface area contributed by atoms with Crippen molar-refractivity contribution in [1.82, 2.24) is 0 Å². The first-order valence-electron chi connectivity index (χ1n) is 5.02. The molecule has 0 amide bonds. The Morgan fingerprint density at radius 3 is 2.40 bits per heavy atom. The molecule has 0 aliphatic rings. The molecule has 3 heteroatoms. The first kappa shape index (κ1) is 12.1. The van der Waals surface area contributed by atoms with Gasteiger partial charge in [0.05, 0.1) is 6.61 Å². The maximum atomic E-state index is 10.8. The van der Waals surface area contributed by atoms with E-state index in [1.54, 1.807) is 24.3 Å². The number of halogens is 1. The summed E-state index contributed by atoms with van der Waals surface area (Å²) in [7, 11) is 0. The summed E-state index contributed by atoms with van der Waals surface area (Å²) in [5, 5.41) is -0.441. The van der Waals surface area contributed by atoms with Crippen LogP contribution in [-0.4, -0.2) is 11.8 Å². The van der Waals surface area contributed by atoms with Crippen molar-refractivity contribution in [2.45, 2.75) is 20.3 Å². The van der Waals surface area contributed by atoms with Crippen LogP contribution < -0.4 is 4.74 Å². The van der Waals surface area contributed by atoms with E-state index in [0.717, 1.165) is 12.2 Å². The molecule has 0 N–H and O–H groups in total. The highest BCUT2D eigenvalue weighted by atomic mass is 35.5. The molecule has 1 rings (SSSR count). The van der Waals surface area contributed by atoms with Gasteiger partial charge in [-0.05, 0) is 48.2 Å². The predicted octanol–water partition coefficient (Wildman–Crippen LogP) is 3.49. The van der Waals surface area contributed by atoms with E-state index in [1.165, 1.54) is 0 Å². The molecule has 0 atom stereocenters. The quantitative estimate of drug-likeness (QED) is 0.719. The Kier molecular flexibility index (Phi) is 4.63. The Bertz CT molecular complexity index is 317. The third-order valence-corrected chi connectivity index (χ3v) is 2.26. The van der Waals surface area contributed by atoms with Crippen molar-refractivity contribution in [2.75, 3.05) is 6.61 Å². The van der Waals surface area contributed by atoms with Crippen molar-refractivity contribution >= 4 is 16.8 Å². The number of hydrogen-bond donors (Lipinski definition) is 0. The zero-order chi connectivity index (χ0) is 11.3. The summed E-state index contributed by atoms with van der Waals surface area (Å²) in [5.41, 5.74) is 0.493. The molecule has 0 aliphatic heterocycles. The summed E-state index contributed by atoms with van der Waals surface area (Å²) in [6.07, 6.45) is 1.02. The van der Waals surface area contributed by atoms with Crippen molar-refractivity contribution in [3.05, 3.63) is 29.8 Å². The van der Waals surface area contributed by atoms with Gasteiger partial charge in [-0.25, -0.2) is 0 Å². The smallest absolute Gasteiger partial charge is 0.252 e. The highest BCUT2D eigenvalue weighted by molar-refractivity contribution is 6.67. The molecule has 0 aliphatic carbocycles. The summed E-state index contributed by atoms with van der Waals surface area (Å²) in [6, 6.07) is 6.85. The van der Waals surface area contributed by atoms with Gasteiger partial charge < -0.3 is 4.74 Å². The largest absolute Gasteiger partial charge is 0.494 e. The molecule has 0 spiro atoms. The van der Waals surface area contributed by atoms with Gasteiger partial charge in [-0.15, -0.1) is 0 Å². The third kappa shape index (κ3) is 4.34. The number of carbonyl (C=O) groups is 1. The second-order valence-corrected chi connectivity index (χ2v) is 4.17. The molecule has 0 heterocycles. The lowest BCUT2D eigenvalue weighted by Crippen LogP contribution is -2.01. The SMILES string of the molecule is CC(C)CCOc1ccc(C(=O)Cl)cc1. The fraction of sp³-hybridized carbons (Fsp3) is 0.417. The lowest BCUT2D eigenvalue weighted by molar-refractivity contribution is 0.108. The van der Waals surface area contributed by atoms with E-state index in [4.69, 9.17) is 16.3 Å². The summed E-state index contributed by atoms with van der Waals surface area (Å²) in [6.45, 7) is 5.00. The van der Waals surface area contributed by atoms with E-state index in [0.29, 0.717) is 18.1 Å². The fourth-order valence-corrected chi connectivity index (χ4v) is 1.22. The number of benzene rings is 1. The molecule has 0 bridgehead atoms.